The number of halogens is 3. The number of benzene rings is 4. The van der Waals surface area contributed by atoms with Crippen molar-refractivity contribution in [3.05, 3.63) is 128 Å². The van der Waals surface area contributed by atoms with Crippen molar-refractivity contribution in [2.24, 2.45) is 0 Å². The molecule has 0 spiro atoms. The number of anilines is 1. The Balaban J connectivity index is 1.50. The van der Waals surface area contributed by atoms with Crippen LogP contribution in [0.15, 0.2) is 84.9 Å². The first-order chi connectivity index (χ1) is 19.2. The second-order valence-electron chi connectivity index (χ2n) is 8.69. The summed E-state index contributed by atoms with van der Waals surface area (Å²) in [6, 6.07) is 22.1. The van der Waals surface area contributed by atoms with Gasteiger partial charge in [0.25, 0.3) is 11.8 Å². The molecule has 1 aliphatic rings. The van der Waals surface area contributed by atoms with Crippen LogP contribution >= 0.6 is 34.8 Å². The van der Waals surface area contributed by atoms with Gasteiger partial charge in [0.2, 0.25) is 5.78 Å². The monoisotopic (exact) mass is 593 g/mol. The highest BCUT2D eigenvalue weighted by molar-refractivity contribution is 6.45. The molecule has 10 heteroatoms. The van der Waals surface area contributed by atoms with Crippen LogP contribution in [-0.2, 0) is 4.74 Å². The maximum Gasteiger partial charge on any atom is 0.343 e. The number of amides is 2. The molecule has 0 saturated heterocycles. The first-order valence-electron chi connectivity index (χ1n) is 11.8. The van der Waals surface area contributed by atoms with Crippen molar-refractivity contribution in [3.8, 4) is 5.75 Å². The van der Waals surface area contributed by atoms with Crippen molar-refractivity contribution in [2.75, 3.05) is 12.0 Å². The van der Waals surface area contributed by atoms with E-state index in [1.807, 2.05) is 0 Å². The van der Waals surface area contributed by atoms with Gasteiger partial charge in [-0.25, -0.2) is 9.69 Å². The van der Waals surface area contributed by atoms with Gasteiger partial charge in [0.15, 0.2) is 6.10 Å². The zero-order valence-corrected chi connectivity index (χ0v) is 23.0. The van der Waals surface area contributed by atoms with Gasteiger partial charge in [-0.1, -0.05) is 95.5 Å². The van der Waals surface area contributed by atoms with Crippen molar-refractivity contribution in [3.63, 3.8) is 0 Å². The fourth-order valence-electron chi connectivity index (χ4n) is 4.32. The lowest BCUT2D eigenvalue weighted by atomic mass is 9.99. The van der Waals surface area contributed by atoms with Gasteiger partial charge in [0, 0.05) is 17.2 Å². The number of hydrogen-bond acceptors (Lipinski definition) is 6. The summed E-state index contributed by atoms with van der Waals surface area (Å²) in [5, 5.41) is 0.122. The van der Waals surface area contributed by atoms with Crippen LogP contribution in [0.25, 0.3) is 0 Å². The van der Waals surface area contributed by atoms with Gasteiger partial charge in [-0.15, -0.1) is 0 Å². The average molecular weight is 595 g/mol. The lowest BCUT2D eigenvalue weighted by Gasteiger charge is -2.20. The van der Waals surface area contributed by atoms with Crippen molar-refractivity contribution in [1.29, 1.82) is 0 Å². The zero-order valence-electron chi connectivity index (χ0n) is 20.7. The number of imide groups is 1. The summed E-state index contributed by atoms with van der Waals surface area (Å²) in [5.41, 5.74) is 0.811. The molecule has 200 valence electrons. The van der Waals surface area contributed by atoms with E-state index in [0.717, 1.165) is 4.90 Å². The predicted octanol–water partition coefficient (Wildman–Crippen LogP) is 7.24. The van der Waals surface area contributed by atoms with E-state index < -0.39 is 29.7 Å². The topological polar surface area (TPSA) is 90.0 Å². The normalized spacial score (nSPS) is 13.2. The molecule has 1 aliphatic heterocycles. The summed E-state index contributed by atoms with van der Waals surface area (Å²) >= 11 is 18.6. The second-order valence-corrected chi connectivity index (χ2v) is 9.91. The van der Waals surface area contributed by atoms with Gasteiger partial charge in [0.1, 0.15) is 11.3 Å². The van der Waals surface area contributed by atoms with Crippen LogP contribution in [0, 0.1) is 0 Å². The van der Waals surface area contributed by atoms with Gasteiger partial charge >= 0.3 is 5.97 Å². The predicted molar refractivity (Wildman–Crippen MR) is 151 cm³/mol. The van der Waals surface area contributed by atoms with E-state index in [1.54, 1.807) is 60.7 Å². The summed E-state index contributed by atoms with van der Waals surface area (Å²) in [7, 11) is 1.30. The highest BCUT2D eigenvalue weighted by atomic mass is 35.5. The Kier molecular flexibility index (Phi) is 7.63. The van der Waals surface area contributed by atoms with E-state index in [2.05, 4.69) is 0 Å². The highest BCUT2D eigenvalue weighted by Gasteiger charge is 2.39. The average Bonchev–Trinajstić information content (AvgIpc) is 3.20. The van der Waals surface area contributed by atoms with Crippen LogP contribution in [0.1, 0.15) is 53.1 Å². The molecule has 0 fully saturated rings. The van der Waals surface area contributed by atoms with Crippen molar-refractivity contribution >= 4 is 64.1 Å². The molecule has 0 unspecified atom stereocenters. The fraction of sp³-hybridized carbons (Fsp3) is 0.0667. The van der Waals surface area contributed by atoms with Crippen LogP contribution < -0.4 is 9.64 Å². The van der Waals surface area contributed by atoms with Crippen molar-refractivity contribution < 1.29 is 28.7 Å². The Morgan fingerprint density at radius 2 is 1.30 bits per heavy atom. The lowest BCUT2D eigenvalue weighted by Crippen LogP contribution is -2.30. The number of nitrogens with zero attached hydrogens (tertiary/aromatic N) is 1. The number of ether oxygens (including phenoxy) is 2. The van der Waals surface area contributed by atoms with Crippen molar-refractivity contribution in [1.82, 2.24) is 0 Å². The Hall–Kier alpha value is -4.17. The maximum atomic E-state index is 13.4. The van der Waals surface area contributed by atoms with E-state index in [4.69, 9.17) is 44.3 Å². The minimum absolute atomic E-state index is 0.0199. The number of ketones is 1. The zero-order chi connectivity index (χ0) is 28.6. The molecule has 40 heavy (non-hydrogen) atoms. The number of carbonyl (C=O) groups is 4. The summed E-state index contributed by atoms with van der Waals surface area (Å²) in [5.74, 6) is -2.70. The molecule has 0 saturated carbocycles. The molecule has 0 bridgehead atoms. The minimum Gasteiger partial charge on any atom is -0.496 e. The highest BCUT2D eigenvalue weighted by Crippen LogP contribution is 2.40. The molecule has 0 aromatic heterocycles. The number of fused-ring (bicyclic) bond motifs is 1. The molecule has 0 aliphatic carbocycles. The summed E-state index contributed by atoms with van der Waals surface area (Å²) < 4.78 is 11.1. The third-order valence-electron chi connectivity index (χ3n) is 6.28. The summed E-state index contributed by atoms with van der Waals surface area (Å²) in [6.45, 7) is 0. The van der Waals surface area contributed by atoms with Crippen LogP contribution in [0.3, 0.4) is 0 Å². The molecule has 1 atom stereocenters. The van der Waals surface area contributed by atoms with Crippen LogP contribution in [0.2, 0.25) is 15.1 Å². The van der Waals surface area contributed by atoms with Crippen LogP contribution in [0.5, 0.6) is 5.75 Å². The first kappa shape index (κ1) is 27.4. The molecule has 4 aromatic rings. The molecule has 5 rings (SSSR count). The molecule has 0 radical (unpaired) electrons. The second kappa shape index (κ2) is 11.1. The molecule has 1 heterocycles. The van der Waals surface area contributed by atoms with E-state index in [9.17, 15) is 19.2 Å². The number of hydrogen-bond donors (Lipinski definition) is 0. The molecule has 2 amide bonds. The minimum atomic E-state index is -1.26. The van der Waals surface area contributed by atoms with Gasteiger partial charge in [-0.2, -0.15) is 0 Å². The third kappa shape index (κ3) is 4.95. The Morgan fingerprint density at radius 1 is 0.750 bits per heavy atom. The first-order valence-corrected chi connectivity index (χ1v) is 12.9. The summed E-state index contributed by atoms with van der Waals surface area (Å²) in [6.07, 6.45) is -1.26. The van der Waals surface area contributed by atoms with E-state index >= 15 is 0 Å². The van der Waals surface area contributed by atoms with Crippen molar-refractivity contribution in [2.45, 2.75) is 6.10 Å². The summed E-state index contributed by atoms with van der Waals surface area (Å²) in [4.78, 5) is 53.9. The molecular formula is C30H18Cl3NO6. The number of Topliss-reactive ketones (excluding diaryl/α,β-unsaturated/α-hetero) is 1. The van der Waals surface area contributed by atoms with Crippen LogP contribution in [-0.4, -0.2) is 30.7 Å². The van der Waals surface area contributed by atoms with Gasteiger partial charge < -0.3 is 9.47 Å². The largest absolute Gasteiger partial charge is 0.496 e. The van der Waals surface area contributed by atoms with Crippen LogP contribution in [0.4, 0.5) is 5.69 Å². The van der Waals surface area contributed by atoms with E-state index in [0.29, 0.717) is 11.1 Å². The fourth-order valence-corrected chi connectivity index (χ4v) is 4.90. The Morgan fingerprint density at radius 3 is 1.85 bits per heavy atom. The SMILES string of the molecule is COc1cc(N2C(=O)c3cc(Cl)c(Cl)cc3C2=O)c(Cl)cc1C(=O)O[C@H](C(=O)c1ccccc1)c1ccccc1. The van der Waals surface area contributed by atoms with Gasteiger partial charge in [-0.05, 0) is 18.2 Å². The Labute approximate surface area is 243 Å². The molecule has 7 nitrogen and oxygen atoms in total. The van der Waals surface area contributed by atoms with E-state index in [1.165, 1.54) is 31.4 Å². The van der Waals surface area contributed by atoms with Gasteiger partial charge in [-0.3, -0.25) is 14.4 Å². The number of carbonyl (C=O) groups excluding carboxylic acids is 4. The number of rotatable bonds is 7. The molecule has 0 N–H and O–H groups in total. The maximum absolute atomic E-state index is 13.4. The standard InChI is InChI=1S/C30H18Cl3NO6/c1-39-25-15-24(34-28(36)18-12-21(31)22(32)13-19(18)29(34)37)23(33)14-20(25)30(38)40-27(17-10-6-3-7-11-17)26(35)16-8-4-2-5-9-16/h2-15,27H,1H3/t27-/m0/s1. The molecular weight excluding hydrogens is 577 g/mol. The number of methoxy groups -OCH3 is 1. The quantitative estimate of drug-likeness (QED) is 0.127. The smallest absolute Gasteiger partial charge is 0.343 e. The lowest BCUT2D eigenvalue weighted by molar-refractivity contribution is 0.0277. The third-order valence-corrected chi connectivity index (χ3v) is 7.31. The van der Waals surface area contributed by atoms with E-state index in [-0.39, 0.29) is 43.2 Å². The number of esters is 1. The molecule has 4 aromatic carbocycles. The Bertz CT molecular complexity index is 1630. The van der Waals surface area contributed by atoms with Gasteiger partial charge in [0.05, 0.1) is 39.0 Å².